The second kappa shape index (κ2) is 9.97. The van der Waals surface area contributed by atoms with E-state index in [0.29, 0.717) is 16.3 Å². The molecule has 0 saturated heterocycles. The molecule has 3 rings (SSSR count). The summed E-state index contributed by atoms with van der Waals surface area (Å²) in [6, 6.07) is 15.7. The molecule has 0 saturated carbocycles. The van der Waals surface area contributed by atoms with E-state index < -0.39 is 34.2 Å². The highest BCUT2D eigenvalue weighted by Crippen LogP contribution is 2.26. The third-order valence-corrected chi connectivity index (χ3v) is 5.88. The summed E-state index contributed by atoms with van der Waals surface area (Å²) in [6.45, 7) is -0.412. The molecule has 10 heteroatoms. The lowest BCUT2D eigenvalue weighted by molar-refractivity contribution is -0.118. The molecule has 32 heavy (non-hydrogen) atoms. The lowest BCUT2D eigenvalue weighted by atomic mass is 10.2. The zero-order chi connectivity index (χ0) is 23.3. The van der Waals surface area contributed by atoms with Gasteiger partial charge >= 0.3 is 0 Å². The molecule has 0 aromatic heterocycles. The molecule has 3 aromatic rings. The van der Waals surface area contributed by atoms with Crippen molar-refractivity contribution in [3.05, 3.63) is 89.0 Å². The van der Waals surface area contributed by atoms with Gasteiger partial charge in [0.2, 0.25) is 10.0 Å². The van der Waals surface area contributed by atoms with Gasteiger partial charge in [-0.25, -0.2) is 17.2 Å². The highest BCUT2D eigenvalue weighted by atomic mass is 35.5. The van der Waals surface area contributed by atoms with Crippen LogP contribution in [-0.2, 0) is 21.4 Å². The number of halogens is 3. The van der Waals surface area contributed by atoms with Crippen LogP contribution in [0.1, 0.15) is 5.56 Å². The molecule has 0 spiro atoms. The van der Waals surface area contributed by atoms with Crippen LogP contribution in [0, 0.1) is 11.6 Å². The number of carbonyl (C=O) groups excluding carboxylic acids is 1. The molecule has 6 nitrogen and oxygen atoms in total. The Morgan fingerprint density at radius 3 is 2.41 bits per heavy atom. The molecule has 0 unspecified atom stereocenters. The molecule has 1 N–H and O–H groups in total. The van der Waals surface area contributed by atoms with Crippen LogP contribution in [0.4, 0.5) is 20.2 Å². The highest BCUT2D eigenvalue weighted by Gasteiger charge is 2.19. The molecule has 1 amide bonds. The van der Waals surface area contributed by atoms with Crippen molar-refractivity contribution < 1.29 is 26.7 Å². The average Bonchev–Trinajstić information content (AvgIpc) is 2.74. The molecule has 0 bridgehead atoms. The summed E-state index contributed by atoms with van der Waals surface area (Å²) < 4.78 is 58.0. The predicted molar refractivity (Wildman–Crippen MR) is 119 cm³/mol. The van der Waals surface area contributed by atoms with Crippen LogP contribution in [0.15, 0.2) is 66.7 Å². The monoisotopic (exact) mass is 480 g/mol. The largest absolute Gasteiger partial charge is 0.484 e. The molecule has 0 radical (unpaired) electrons. The van der Waals surface area contributed by atoms with Gasteiger partial charge in [0.1, 0.15) is 17.4 Å². The maximum absolute atomic E-state index is 13.6. The molecule has 0 heterocycles. The number of anilines is 2. The van der Waals surface area contributed by atoms with Gasteiger partial charge in [0, 0.05) is 11.1 Å². The number of ether oxygens (including phenoxy) is 1. The Labute approximate surface area is 189 Å². The van der Waals surface area contributed by atoms with Crippen molar-refractivity contribution in [1.29, 1.82) is 0 Å². The van der Waals surface area contributed by atoms with Gasteiger partial charge in [0.15, 0.2) is 6.61 Å². The van der Waals surface area contributed by atoms with Crippen LogP contribution >= 0.6 is 11.6 Å². The van der Waals surface area contributed by atoms with Crippen molar-refractivity contribution in [2.45, 2.75) is 6.54 Å². The SMILES string of the molecule is CS(=O)(=O)N(Cc1ccccc1Cl)c1ccc(OCC(=O)Nc2cc(F)ccc2F)cc1. The molecule has 0 aliphatic heterocycles. The molecule has 0 aliphatic carbocycles. The summed E-state index contributed by atoms with van der Waals surface area (Å²) in [4.78, 5) is 12.0. The predicted octanol–water partition coefficient (Wildman–Crippen LogP) is 4.60. The van der Waals surface area contributed by atoms with Crippen molar-refractivity contribution in [1.82, 2.24) is 0 Å². The van der Waals surface area contributed by atoms with Gasteiger partial charge in [-0.1, -0.05) is 29.8 Å². The van der Waals surface area contributed by atoms with Crippen LogP contribution in [-0.4, -0.2) is 27.2 Å². The lowest BCUT2D eigenvalue weighted by Crippen LogP contribution is -2.29. The number of sulfonamides is 1. The van der Waals surface area contributed by atoms with Crippen LogP contribution in [0.25, 0.3) is 0 Å². The minimum atomic E-state index is -3.61. The second-order valence-corrected chi connectivity index (χ2v) is 9.13. The molecule has 0 atom stereocenters. The number of nitrogens with zero attached hydrogens (tertiary/aromatic N) is 1. The van der Waals surface area contributed by atoms with E-state index in [0.717, 1.165) is 24.5 Å². The number of nitrogens with one attached hydrogen (secondary N) is 1. The summed E-state index contributed by atoms with van der Waals surface area (Å²) in [6.07, 6.45) is 1.09. The van der Waals surface area contributed by atoms with Crippen LogP contribution in [0.5, 0.6) is 5.75 Å². The quantitative estimate of drug-likeness (QED) is 0.511. The van der Waals surface area contributed by atoms with E-state index in [4.69, 9.17) is 16.3 Å². The van der Waals surface area contributed by atoms with Crippen molar-refractivity contribution in [3.63, 3.8) is 0 Å². The molecule has 3 aromatic carbocycles. The second-order valence-electron chi connectivity index (χ2n) is 6.82. The fourth-order valence-electron chi connectivity index (χ4n) is 2.82. The Bertz CT molecular complexity index is 1220. The number of rotatable bonds is 8. The normalized spacial score (nSPS) is 11.1. The number of carbonyl (C=O) groups is 1. The van der Waals surface area contributed by atoms with Crippen molar-refractivity contribution in [2.24, 2.45) is 0 Å². The van der Waals surface area contributed by atoms with Gasteiger partial charge in [0.05, 0.1) is 24.2 Å². The van der Waals surface area contributed by atoms with E-state index in [1.807, 2.05) is 0 Å². The zero-order valence-electron chi connectivity index (χ0n) is 16.9. The van der Waals surface area contributed by atoms with Gasteiger partial charge < -0.3 is 10.1 Å². The van der Waals surface area contributed by atoms with Gasteiger partial charge in [0.25, 0.3) is 5.91 Å². The molecule has 168 valence electrons. The Morgan fingerprint density at radius 1 is 1.06 bits per heavy atom. The number of hydrogen-bond donors (Lipinski definition) is 1. The summed E-state index contributed by atoms with van der Waals surface area (Å²) in [5, 5.41) is 2.67. The summed E-state index contributed by atoms with van der Waals surface area (Å²) in [5.41, 5.74) is 0.726. The van der Waals surface area contributed by atoms with E-state index in [9.17, 15) is 22.0 Å². The van der Waals surface area contributed by atoms with Gasteiger partial charge in [-0.05, 0) is 48.0 Å². The lowest BCUT2D eigenvalue weighted by Gasteiger charge is -2.23. The number of benzene rings is 3. The van der Waals surface area contributed by atoms with Crippen LogP contribution < -0.4 is 14.4 Å². The zero-order valence-corrected chi connectivity index (χ0v) is 18.5. The number of amides is 1. The molecular weight excluding hydrogens is 462 g/mol. The fourth-order valence-corrected chi connectivity index (χ4v) is 3.89. The maximum atomic E-state index is 13.6. The Hall–Kier alpha value is -3.17. The number of hydrogen-bond acceptors (Lipinski definition) is 4. The fraction of sp³-hybridized carbons (Fsp3) is 0.136. The Morgan fingerprint density at radius 2 is 1.75 bits per heavy atom. The minimum absolute atomic E-state index is 0.0420. The van der Waals surface area contributed by atoms with Crippen molar-refractivity contribution >= 4 is 38.9 Å². The third-order valence-electron chi connectivity index (χ3n) is 4.37. The summed E-state index contributed by atoms with van der Waals surface area (Å²) >= 11 is 6.15. The van der Waals surface area contributed by atoms with Crippen LogP contribution in [0.2, 0.25) is 5.02 Å². The summed E-state index contributed by atoms with van der Waals surface area (Å²) in [7, 11) is -3.61. The first kappa shape index (κ1) is 23.5. The Kier molecular flexibility index (Phi) is 7.32. The Balaban J connectivity index is 1.67. The molecule has 0 aliphatic rings. The van der Waals surface area contributed by atoms with E-state index in [1.54, 1.807) is 24.3 Å². The van der Waals surface area contributed by atoms with E-state index in [1.165, 1.54) is 28.6 Å². The molecule has 0 fully saturated rings. The first-order chi connectivity index (χ1) is 15.1. The average molecular weight is 481 g/mol. The van der Waals surface area contributed by atoms with E-state index in [-0.39, 0.29) is 18.0 Å². The topological polar surface area (TPSA) is 75.7 Å². The molecular formula is C22H19ClF2N2O4S. The van der Waals surface area contributed by atoms with Crippen molar-refractivity contribution in [3.8, 4) is 5.75 Å². The van der Waals surface area contributed by atoms with Crippen LogP contribution in [0.3, 0.4) is 0 Å². The first-order valence-corrected chi connectivity index (χ1v) is 11.5. The summed E-state index contributed by atoms with van der Waals surface area (Å²) in [5.74, 6) is -1.86. The smallest absolute Gasteiger partial charge is 0.262 e. The van der Waals surface area contributed by atoms with Gasteiger partial charge in [-0.3, -0.25) is 9.10 Å². The van der Waals surface area contributed by atoms with E-state index >= 15 is 0 Å². The third kappa shape index (κ3) is 6.18. The van der Waals surface area contributed by atoms with E-state index in [2.05, 4.69) is 5.32 Å². The maximum Gasteiger partial charge on any atom is 0.262 e. The minimum Gasteiger partial charge on any atom is -0.484 e. The standard InChI is InChI=1S/C22H19ClF2N2O4S/c1-32(29,30)27(13-15-4-2-3-5-19(15)23)17-7-9-18(10-8-17)31-14-22(28)26-21-12-16(24)6-11-20(21)25/h2-12H,13-14H2,1H3,(H,26,28). The first-order valence-electron chi connectivity index (χ1n) is 9.32. The van der Waals surface area contributed by atoms with Gasteiger partial charge in [-0.15, -0.1) is 0 Å². The van der Waals surface area contributed by atoms with Crippen molar-refractivity contribution in [2.75, 3.05) is 22.5 Å². The highest BCUT2D eigenvalue weighted by molar-refractivity contribution is 7.92. The van der Waals surface area contributed by atoms with Gasteiger partial charge in [-0.2, -0.15) is 0 Å².